The maximum absolute atomic E-state index is 6.17. The van der Waals surface area contributed by atoms with E-state index in [4.69, 9.17) is 39.5 Å². The number of hydrogen-bond donors (Lipinski definition) is 1. The number of nitrogens with one attached hydrogen (secondary N) is 1. The third-order valence-electron chi connectivity index (χ3n) is 2.31. The molecule has 0 bridgehead atoms. The van der Waals surface area contributed by atoms with Crippen molar-refractivity contribution in [2.75, 3.05) is 6.61 Å². The van der Waals surface area contributed by atoms with Crippen LogP contribution in [-0.2, 0) is 6.54 Å². The van der Waals surface area contributed by atoms with Crippen LogP contribution in [0.25, 0.3) is 0 Å². The topological polar surface area (TPSA) is 21.3 Å². The molecule has 1 rings (SSSR count). The van der Waals surface area contributed by atoms with Gasteiger partial charge in [-0.15, -0.1) is 0 Å². The Bertz CT molecular complexity index is 453. The first-order valence-corrected chi connectivity index (χ1v) is 7.13. The zero-order valence-electron chi connectivity index (χ0n) is 11.3. The monoisotopic (exact) mass is 321 g/mol. The van der Waals surface area contributed by atoms with E-state index in [2.05, 4.69) is 26.1 Å². The summed E-state index contributed by atoms with van der Waals surface area (Å²) < 4.78 is 5.63. The second kappa shape index (κ2) is 7.39. The summed E-state index contributed by atoms with van der Waals surface area (Å²) in [5.74, 6) is 0.637. The standard InChI is InChI=1S/C14H18Cl3NO/c1-14(2,3)18-9-10-7-11(16)8-12(17)13(10)19-6-4-5-15/h4-5,7-8,18H,6,9H2,1-3H3/b5-4+. The van der Waals surface area contributed by atoms with Gasteiger partial charge in [0.25, 0.3) is 0 Å². The van der Waals surface area contributed by atoms with Gasteiger partial charge < -0.3 is 10.1 Å². The lowest BCUT2D eigenvalue weighted by Crippen LogP contribution is -2.35. The van der Waals surface area contributed by atoms with E-state index in [1.54, 1.807) is 12.1 Å². The Labute approximate surface area is 129 Å². The van der Waals surface area contributed by atoms with Crippen LogP contribution in [0.5, 0.6) is 5.75 Å². The highest BCUT2D eigenvalue weighted by Gasteiger charge is 2.14. The van der Waals surface area contributed by atoms with E-state index in [0.29, 0.717) is 28.9 Å². The number of rotatable bonds is 5. The molecule has 0 unspecified atom stereocenters. The summed E-state index contributed by atoms with van der Waals surface area (Å²) in [5, 5.41) is 4.48. The number of ether oxygens (including phenoxy) is 1. The van der Waals surface area contributed by atoms with E-state index in [0.717, 1.165) is 5.56 Å². The number of halogens is 3. The fourth-order valence-electron chi connectivity index (χ4n) is 1.43. The quantitative estimate of drug-likeness (QED) is 0.822. The molecule has 19 heavy (non-hydrogen) atoms. The Morgan fingerprint density at radius 2 is 1.95 bits per heavy atom. The fraction of sp³-hybridized carbons (Fsp3) is 0.429. The molecule has 0 aliphatic carbocycles. The van der Waals surface area contributed by atoms with E-state index in [1.807, 2.05) is 6.07 Å². The molecule has 0 atom stereocenters. The second-order valence-corrected chi connectivity index (χ2v) is 6.25. The van der Waals surface area contributed by atoms with Crippen LogP contribution in [0.1, 0.15) is 26.3 Å². The fourth-order valence-corrected chi connectivity index (χ4v) is 2.10. The van der Waals surface area contributed by atoms with Crippen LogP contribution < -0.4 is 10.1 Å². The molecule has 0 aromatic heterocycles. The first-order chi connectivity index (χ1) is 8.83. The lowest BCUT2D eigenvalue weighted by atomic mass is 10.1. The molecule has 0 saturated carbocycles. The van der Waals surface area contributed by atoms with E-state index in [-0.39, 0.29) is 5.54 Å². The minimum atomic E-state index is 0.00209. The first kappa shape index (κ1) is 16.6. The molecule has 1 N–H and O–H groups in total. The van der Waals surface area contributed by atoms with Gasteiger partial charge in [0.1, 0.15) is 12.4 Å². The summed E-state index contributed by atoms with van der Waals surface area (Å²) in [6, 6.07) is 3.52. The first-order valence-electron chi connectivity index (χ1n) is 5.94. The highest BCUT2D eigenvalue weighted by molar-refractivity contribution is 6.35. The van der Waals surface area contributed by atoms with Crippen molar-refractivity contribution in [1.82, 2.24) is 5.32 Å². The zero-order valence-corrected chi connectivity index (χ0v) is 13.5. The van der Waals surface area contributed by atoms with E-state index < -0.39 is 0 Å². The smallest absolute Gasteiger partial charge is 0.142 e. The summed E-state index contributed by atoms with van der Waals surface area (Å²) >= 11 is 17.7. The van der Waals surface area contributed by atoms with Crippen LogP contribution in [0.4, 0.5) is 0 Å². The third kappa shape index (κ3) is 6.05. The normalized spacial score (nSPS) is 12.1. The molecule has 0 amide bonds. The molecule has 0 aliphatic rings. The van der Waals surface area contributed by atoms with E-state index in [1.165, 1.54) is 5.54 Å². The molecule has 0 heterocycles. The van der Waals surface area contributed by atoms with Gasteiger partial charge in [0.05, 0.1) is 5.02 Å². The Morgan fingerprint density at radius 3 is 2.53 bits per heavy atom. The van der Waals surface area contributed by atoms with Crippen LogP contribution in [0.2, 0.25) is 10.0 Å². The highest BCUT2D eigenvalue weighted by Crippen LogP contribution is 2.32. The van der Waals surface area contributed by atoms with Gasteiger partial charge in [-0.2, -0.15) is 0 Å². The van der Waals surface area contributed by atoms with Gasteiger partial charge in [0.15, 0.2) is 0 Å². The molecule has 2 nitrogen and oxygen atoms in total. The highest BCUT2D eigenvalue weighted by atomic mass is 35.5. The Morgan fingerprint density at radius 1 is 1.26 bits per heavy atom. The molecule has 0 radical (unpaired) electrons. The average molecular weight is 323 g/mol. The summed E-state index contributed by atoms with van der Waals surface area (Å²) in [7, 11) is 0. The van der Waals surface area contributed by atoms with Gasteiger partial charge in [-0.1, -0.05) is 34.8 Å². The van der Waals surface area contributed by atoms with Crippen LogP contribution in [-0.4, -0.2) is 12.1 Å². The van der Waals surface area contributed by atoms with Crippen LogP contribution >= 0.6 is 34.8 Å². The number of benzene rings is 1. The van der Waals surface area contributed by atoms with E-state index >= 15 is 0 Å². The molecule has 5 heteroatoms. The molecule has 0 fully saturated rings. The minimum absolute atomic E-state index is 0.00209. The predicted octanol–water partition coefficient (Wildman–Crippen LogP) is 5.01. The zero-order chi connectivity index (χ0) is 14.5. The van der Waals surface area contributed by atoms with Gasteiger partial charge in [-0.05, 0) is 39.0 Å². The van der Waals surface area contributed by atoms with Crippen LogP contribution in [0, 0.1) is 0 Å². The van der Waals surface area contributed by atoms with Crippen molar-refractivity contribution in [3.63, 3.8) is 0 Å². The summed E-state index contributed by atoms with van der Waals surface area (Å²) in [6.07, 6.45) is 1.70. The predicted molar refractivity (Wildman–Crippen MR) is 83.5 cm³/mol. The van der Waals surface area contributed by atoms with Crippen molar-refractivity contribution >= 4 is 34.8 Å². The Hall–Kier alpha value is -0.410. The lowest BCUT2D eigenvalue weighted by molar-refractivity contribution is 0.353. The van der Waals surface area contributed by atoms with E-state index in [9.17, 15) is 0 Å². The van der Waals surface area contributed by atoms with Gasteiger partial charge in [-0.25, -0.2) is 0 Å². The molecule has 106 valence electrons. The molecule has 0 spiro atoms. The Balaban J connectivity index is 2.92. The minimum Gasteiger partial charge on any atom is -0.488 e. The van der Waals surface area contributed by atoms with Gasteiger partial charge in [0, 0.05) is 28.2 Å². The van der Waals surface area contributed by atoms with Gasteiger partial charge in [-0.3, -0.25) is 0 Å². The van der Waals surface area contributed by atoms with Gasteiger partial charge >= 0.3 is 0 Å². The lowest BCUT2D eigenvalue weighted by Gasteiger charge is -2.22. The van der Waals surface area contributed by atoms with Crippen molar-refractivity contribution in [2.45, 2.75) is 32.9 Å². The molecule has 1 aromatic carbocycles. The largest absolute Gasteiger partial charge is 0.488 e. The Kier molecular flexibility index (Phi) is 6.48. The van der Waals surface area contributed by atoms with Crippen molar-refractivity contribution in [1.29, 1.82) is 0 Å². The van der Waals surface area contributed by atoms with Crippen LogP contribution in [0.15, 0.2) is 23.7 Å². The summed E-state index contributed by atoms with van der Waals surface area (Å²) in [6.45, 7) is 7.28. The molecule has 0 aliphatic heterocycles. The summed E-state index contributed by atoms with van der Waals surface area (Å²) in [4.78, 5) is 0. The van der Waals surface area contributed by atoms with Crippen molar-refractivity contribution in [3.05, 3.63) is 39.4 Å². The van der Waals surface area contributed by atoms with Crippen LogP contribution in [0.3, 0.4) is 0 Å². The van der Waals surface area contributed by atoms with Crippen molar-refractivity contribution < 1.29 is 4.74 Å². The third-order valence-corrected chi connectivity index (χ3v) is 2.98. The average Bonchev–Trinajstić information content (AvgIpc) is 2.28. The molecule has 1 aromatic rings. The maximum atomic E-state index is 6.17. The van der Waals surface area contributed by atoms with Crippen molar-refractivity contribution in [3.8, 4) is 5.75 Å². The van der Waals surface area contributed by atoms with Crippen molar-refractivity contribution in [2.24, 2.45) is 0 Å². The molecule has 0 saturated heterocycles. The second-order valence-electron chi connectivity index (χ2n) is 5.15. The molecular formula is C14H18Cl3NO. The van der Waals surface area contributed by atoms with Gasteiger partial charge in [0.2, 0.25) is 0 Å². The molecular weight excluding hydrogens is 305 g/mol. The summed E-state index contributed by atoms with van der Waals surface area (Å²) in [5.41, 5.74) is 2.34. The SMILES string of the molecule is CC(C)(C)NCc1cc(Cl)cc(Cl)c1OC/C=C/Cl. The maximum Gasteiger partial charge on any atom is 0.142 e. The number of hydrogen-bond acceptors (Lipinski definition) is 2.